The molecule has 3 heteroatoms. The molecule has 106 valence electrons. The molecule has 0 radical (unpaired) electrons. The van der Waals surface area contributed by atoms with E-state index in [1.54, 1.807) is 0 Å². The Morgan fingerprint density at radius 3 is 2.74 bits per heavy atom. The van der Waals surface area contributed by atoms with Crippen LogP contribution in [0.25, 0.3) is 0 Å². The van der Waals surface area contributed by atoms with Gasteiger partial charge >= 0.3 is 0 Å². The first kappa shape index (κ1) is 14.9. The van der Waals surface area contributed by atoms with Gasteiger partial charge in [0.2, 0.25) is 0 Å². The molecule has 19 heavy (non-hydrogen) atoms. The largest absolute Gasteiger partial charge is 0.493 e. The van der Waals surface area contributed by atoms with Crippen molar-refractivity contribution >= 4 is 15.9 Å². The van der Waals surface area contributed by atoms with E-state index in [2.05, 4.69) is 46.4 Å². The summed E-state index contributed by atoms with van der Waals surface area (Å²) in [6.45, 7) is 6.02. The van der Waals surface area contributed by atoms with Gasteiger partial charge in [-0.15, -0.1) is 0 Å². The van der Waals surface area contributed by atoms with E-state index in [9.17, 15) is 0 Å². The molecule has 1 aromatic rings. The molecule has 1 atom stereocenters. The minimum atomic E-state index is 0.486. The fourth-order valence-corrected chi connectivity index (χ4v) is 2.86. The lowest BCUT2D eigenvalue weighted by molar-refractivity contribution is 0.337. The molecule has 1 aromatic carbocycles. The normalized spacial score (nSPS) is 16.4. The predicted octanol–water partition coefficient (Wildman–Crippen LogP) is 4.69. The van der Waals surface area contributed by atoms with Crippen LogP contribution < -0.4 is 10.1 Å². The first-order valence-corrected chi connectivity index (χ1v) is 8.19. The summed E-state index contributed by atoms with van der Waals surface area (Å²) in [5, 5.41) is 3.67. The second-order valence-electron chi connectivity index (χ2n) is 5.31. The lowest BCUT2D eigenvalue weighted by atomic mass is 10.0. The molecule has 1 fully saturated rings. The fraction of sp³-hybridized carbons (Fsp3) is 0.625. The Morgan fingerprint density at radius 1 is 1.37 bits per heavy atom. The van der Waals surface area contributed by atoms with E-state index in [1.165, 1.54) is 31.2 Å². The number of nitrogens with one attached hydrogen (secondary N) is 1. The van der Waals surface area contributed by atoms with Crippen molar-refractivity contribution in [1.82, 2.24) is 5.32 Å². The van der Waals surface area contributed by atoms with Crippen molar-refractivity contribution in [3.05, 3.63) is 28.2 Å². The molecule has 1 N–H and O–H groups in total. The summed E-state index contributed by atoms with van der Waals surface area (Å²) in [6, 6.07) is 6.97. The lowest BCUT2D eigenvalue weighted by Crippen LogP contribution is -2.22. The van der Waals surface area contributed by atoms with E-state index in [1.807, 2.05) is 6.92 Å². The van der Waals surface area contributed by atoms with Crippen LogP contribution in [-0.2, 0) is 0 Å². The summed E-state index contributed by atoms with van der Waals surface area (Å²) < 4.78 is 6.64. The maximum absolute atomic E-state index is 5.58. The fourth-order valence-electron chi connectivity index (χ4n) is 2.35. The Morgan fingerprint density at radius 2 is 2.16 bits per heavy atom. The maximum Gasteiger partial charge on any atom is 0.133 e. The molecule has 0 spiro atoms. The third-order valence-corrected chi connectivity index (χ3v) is 4.18. The van der Waals surface area contributed by atoms with Crippen molar-refractivity contribution in [3.8, 4) is 5.75 Å². The number of halogens is 1. The zero-order valence-corrected chi connectivity index (χ0v) is 13.5. The molecule has 0 heterocycles. The molecule has 0 aromatic heterocycles. The van der Waals surface area contributed by atoms with Gasteiger partial charge in [0.05, 0.1) is 11.1 Å². The maximum atomic E-state index is 5.58. The average Bonchev–Trinajstić information content (AvgIpc) is 3.21. The third-order valence-electron chi connectivity index (χ3n) is 3.56. The van der Waals surface area contributed by atoms with E-state index in [0.717, 1.165) is 22.7 Å². The highest BCUT2D eigenvalue weighted by atomic mass is 79.9. The van der Waals surface area contributed by atoms with Crippen LogP contribution in [0.1, 0.15) is 51.1 Å². The molecule has 0 amide bonds. The zero-order chi connectivity index (χ0) is 13.7. The van der Waals surface area contributed by atoms with Crippen LogP contribution in [0.15, 0.2) is 22.7 Å². The summed E-state index contributed by atoms with van der Waals surface area (Å²) in [5.41, 5.74) is 1.37. The van der Waals surface area contributed by atoms with Gasteiger partial charge in [-0.1, -0.05) is 25.8 Å². The Hall–Kier alpha value is -0.540. The van der Waals surface area contributed by atoms with Crippen LogP contribution in [0.3, 0.4) is 0 Å². The van der Waals surface area contributed by atoms with Gasteiger partial charge < -0.3 is 10.1 Å². The van der Waals surface area contributed by atoms with E-state index in [0.29, 0.717) is 12.6 Å². The van der Waals surface area contributed by atoms with Crippen molar-refractivity contribution < 1.29 is 4.74 Å². The highest BCUT2D eigenvalue weighted by molar-refractivity contribution is 9.10. The van der Waals surface area contributed by atoms with Gasteiger partial charge in [-0.3, -0.25) is 0 Å². The van der Waals surface area contributed by atoms with E-state index < -0.39 is 0 Å². The van der Waals surface area contributed by atoms with E-state index in [4.69, 9.17) is 4.74 Å². The van der Waals surface area contributed by atoms with Gasteiger partial charge in [-0.25, -0.2) is 0 Å². The van der Waals surface area contributed by atoms with Gasteiger partial charge in [-0.05, 0) is 65.9 Å². The topological polar surface area (TPSA) is 21.3 Å². The number of hydrogen-bond acceptors (Lipinski definition) is 2. The lowest BCUT2D eigenvalue weighted by Gasteiger charge is -2.20. The van der Waals surface area contributed by atoms with Gasteiger partial charge in [0.1, 0.15) is 5.75 Å². The summed E-state index contributed by atoms with van der Waals surface area (Å²) >= 11 is 3.61. The summed E-state index contributed by atoms with van der Waals surface area (Å²) in [6.07, 6.45) is 5.25. The third kappa shape index (κ3) is 4.50. The van der Waals surface area contributed by atoms with Crippen LogP contribution in [0.2, 0.25) is 0 Å². The standard InChI is InChI=1S/C16H24BrNO/c1-3-9-18-15(10-12-5-6-12)13-7-8-16(19-4-2)14(17)11-13/h7-8,11-12,15,18H,3-6,9-10H2,1-2H3. The minimum Gasteiger partial charge on any atom is -0.493 e. The molecule has 1 unspecified atom stereocenters. The van der Waals surface area contributed by atoms with Crippen LogP contribution in [0, 0.1) is 5.92 Å². The number of hydrogen-bond donors (Lipinski definition) is 1. The predicted molar refractivity (Wildman–Crippen MR) is 83.7 cm³/mol. The number of ether oxygens (including phenoxy) is 1. The molecular weight excluding hydrogens is 302 g/mol. The summed E-state index contributed by atoms with van der Waals surface area (Å²) in [4.78, 5) is 0. The molecule has 0 saturated heterocycles. The van der Waals surface area contributed by atoms with Gasteiger partial charge in [-0.2, -0.15) is 0 Å². The van der Waals surface area contributed by atoms with Crippen LogP contribution in [0.5, 0.6) is 5.75 Å². The van der Waals surface area contributed by atoms with E-state index in [-0.39, 0.29) is 0 Å². The SMILES string of the molecule is CCCNC(CC1CC1)c1ccc(OCC)c(Br)c1. The average molecular weight is 326 g/mol. The molecule has 1 saturated carbocycles. The molecule has 0 bridgehead atoms. The minimum absolute atomic E-state index is 0.486. The van der Waals surface area contributed by atoms with Crippen molar-refractivity contribution in [1.29, 1.82) is 0 Å². The van der Waals surface area contributed by atoms with E-state index >= 15 is 0 Å². The van der Waals surface area contributed by atoms with Crippen LogP contribution in [-0.4, -0.2) is 13.2 Å². The molecule has 1 aliphatic carbocycles. The van der Waals surface area contributed by atoms with Crippen molar-refractivity contribution in [2.75, 3.05) is 13.2 Å². The summed E-state index contributed by atoms with van der Waals surface area (Å²) in [5.74, 6) is 1.87. The number of benzene rings is 1. The first-order chi connectivity index (χ1) is 9.24. The molecule has 1 aliphatic rings. The first-order valence-electron chi connectivity index (χ1n) is 7.40. The van der Waals surface area contributed by atoms with Gasteiger partial charge in [0.15, 0.2) is 0 Å². The number of rotatable bonds is 8. The molecular formula is C16H24BrNO. The molecule has 2 nitrogen and oxygen atoms in total. The second kappa shape index (κ2) is 7.30. The van der Waals surface area contributed by atoms with Gasteiger partial charge in [0, 0.05) is 6.04 Å². The second-order valence-corrected chi connectivity index (χ2v) is 6.16. The van der Waals surface area contributed by atoms with Gasteiger partial charge in [0.25, 0.3) is 0 Å². The summed E-state index contributed by atoms with van der Waals surface area (Å²) in [7, 11) is 0. The Bertz CT molecular complexity index is 404. The monoisotopic (exact) mass is 325 g/mol. The Kier molecular flexibility index (Phi) is 5.71. The Balaban J connectivity index is 2.08. The van der Waals surface area contributed by atoms with Crippen LogP contribution in [0.4, 0.5) is 0 Å². The van der Waals surface area contributed by atoms with Crippen molar-refractivity contribution in [3.63, 3.8) is 0 Å². The molecule has 0 aliphatic heterocycles. The Labute approximate surface area is 125 Å². The molecule has 2 rings (SSSR count). The highest BCUT2D eigenvalue weighted by Gasteiger charge is 2.26. The van der Waals surface area contributed by atoms with Crippen molar-refractivity contribution in [2.45, 2.75) is 45.6 Å². The zero-order valence-electron chi connectivity index (χ0n) is 11.9. The quantitative estimate of drug-likeness (QED) is 0.748. The smallest absolute Gasteiger partial charge is 0.133 e. The van der Waals surface area contributed by atoms with Crippen molar-refractivity contribution in [2.24, 2.45) is 5.92 Å². The highest BCUT2D eigenvalue weighted by Crippen LogP contribution is 2.38. The van der Waals surface area contributed by atoms with Crippen LogP contribution >= 0.6 is 15.9 Å².